The summed E-state index contributed by atoms with van der Waals surface area (Å²) in [5, 5.41) is 9.93. The normalized spacial score (nSPS) is 13.0. The van der Waals surface area contributed by atoms with Crippen LogP contribution in [0.15, 0.2) is 36.9 Å². The number of aliphatic hydroxyl groups excluding tert-OH is 1. The monoisotopic (exact) mass is 402 g/mol. The molecule has 0 saturated carbocycles. The molecule has 0 aliphatic carbocycles. The lowest BCUT2D eigenvalue weighted by Crippen LogP contribution is -2.24. The Morgan fingerprint density at radius 2 is 1.66 bits per heavy atom. The summed E-state index contributed by atoms with van der Waals surface area (Å²) in [6.45, 7) is 3.81. The van der Waals surface area contributed by atoms with Gasteiger partial charge in [-0.25, -0.2) is 0 Å². The fourth-order valence-electron chi connectivity index (χ4n) is 3.23. The fraction of sp³-hybridized carbons (Fsp3) is 0.364. The average molecular weight is 402 g/mol. The highest BCUT2D eigenvalue weighted by atomic mass is 16.7. The van der Waals surface area contributed by atoms with Crippen LogP contribution in [0.1, 0.15) is 11.1 Å². The summed E-state index contributed by atoms with van der Waals surface area (Å²) in [6, 6.07) is 7.36. The third kappa shape index (κ3) is 4.51. The first-order valence-electron chi connectivity index (χ1n) is 9.23. The highest BCUT2D eigenvalue weighted by molar-refractivity contribution is 5.54. The van der Waals surface area contributed by atoms with Gasteiger partial charge >= 0.3 is 0 Å². The second-order valence-electron chi connectivity index (χ2n) is 6.47. The molecule has 0 bridgehead atoms. The molecule has 156 valence electrons. The molecule has 2 aromatic rings. The van der Waals surface area contributed by atoms with E-state index in [1.54, 1.807) is 33.5 Å². The van der Waals surface area contributed by atoms with Crippen LogP contribution in [-0.2, 0) is 12.8 Å². The Hall–Kier alpha value is -3.06. The first kappa shape index (κ1) is 20.7. The van der Waals surface area contributed by atoms with Crippen molar-refractivity contribution in [3.63, 3.8) is 0 Å². The van der Waals surface area contributed by atoms with Crippen molar-refractivity contribution in [1.82, 2.24) is 0 Å². The molecule has 1 heterocycles. The lowest BCUT2D eigenvalue weighted by atomic mass is 10.1. The Bertz CT molecular complexity index is 837. The zero-order chi connectivity index (χ0) is 20.8. The van der Waals surface area contributed by atoms with Crippen LogP contribution in [0.2, 0.25) is 0 Å². The number of methoxy groups -OCH3 is 3. The van der Waals surface area contributed by atoms with Gasteiger partial charge in [0, 0.05) is 18.1 Å². The maximum atomic E-state index is 9.93. The van der Waals surface area contributed by atoms with E-state index in [-0.39, 0.29) is 13.4 Å². The van der Waals surface area contributed by atoms with Crippen molar-refractivity contribution in [2.45, 2.75) is 18.9 Å². The summed E-state index contributed by atoms with van der Waals surface area (Å²) in [5.74, 6) is 3.55. The fourth-order valence-corrected chi connectivity index (χ4v) is 3.23. The number of fused-ring (bicyclic) bond motifs is 1. The largest absolute Gasteiger partial charge is 0.493 e. The molecular formula is C22H26O7. The smallest absolute Gasteiger partial charge is 0.231 e. The zero-order valence-electron chi connectivity index (χ0n) is 16.9. The average Bonchev–Trinajstić information content (AvgIpc) is 3.19. The van der Waals surface area contributed by atoms with Crippen molar-refractivity contribution >= 4 is 0 Å². The predicted molar refractivity (Wildman–Crippen MR) is 108 cm³/mol. The molecule has 1 atom stereocenters. The Labute approximate surface area is 170 Å². The van der Waals surface area contributed by atoms with Crippen molar-refractivity contribution in [2.24, 2.45) is 0 Å². The van der Waals surface area contributed by atoms with E-state index in [0.29, 0.717) is 47.3 Å². The molecular weight excluding hydrogens is 376 g/mol. The molecule has 1 aliphatic heterocycles. The van der Waals surface area contributed by atoms with Gasteiger partial charge in [0.25, 0.3) is 0 Å². The van der Waals surface area contributed by atoms with Crippen LogP contribution in [0.25, 0.3) is 0 Å². The molecule has 2 aromatic carbocycles. The van der Waals surface area contributed by atoms with Gasteiger partial charge in [-0.05, 0) is 30.2 Å². The quantitative estimate of drug-likeness (QED) is 0.612. The van der Waals surface area contributed by atoms with Crippen LogP contribution in [0.4, 0.5) is 0 Å². The van der Waals surface area contributed by atoms with E-state index in [2.05, 4.69) is 6.58 Å². The number of allylic oxidation sites excluding steroid dienone is 1. The molecule has 7 nitrogen and oxygen atoms in total. The standard InChI is InChI=1S/C22H26O7/c1-5-6-15-10-18-19(28-13-27-18)11-17(15)29-16(12-23)7-14-8-20(24-2)22(26-4)21(9-14)25-3/h5,8-11,16,23H,1,6-7,12-13H2,2-4H3/t16-/m1/s1. The van der Waals surface area contributed by atoms with E-state index in [0.717, 1.165) is 11.1 Å². The molecule has 3 rings (SSSR count). The number of hydrogen-bond acceptors (Lipinski definition) is 7. The van der Waals surface area contributed by atoms with Crippen LogP contribution in [0.3, 0.4) is 0 Å². The minimum atomic E-state index is -0.484. The number of benzene rings is 2. The molecule has 7 heteroatoms. The molecule has 0 spiro atoms. The van der Waals surface area contributed by atoms with Crippen LogP contribution in [-0.4, -0.2) is 45.9 Å². The molecule has 0 amide bonds. The number of rotatable bonds is 10. The van der Waals surface area contributed by atoms with Gasteiger partial charge in [-0.3, -0.25) is 0 Å². The van der Waals surface area contributed by atoms with Gasteiger partial charge in [0.05, 0.1) is 27.9 Å². The minimum Gasteiger partial charge on any atom is -0.493 e. The third-order valence-corrected chi connectivity index (χ3v) is 4.61. The van der Waals surface area contributed by atoms with E-state index in [1.165, 1.54) is 0 Å². The lowest BCUT2D eigenvalue weighted by molar-refractivity contribution is 0.114. The predicted octanol–water partition coefficient (Wildman–Crippen LogP) is 3.15. The van der Waals surface area contributed by atoms with Crippen LogP contribution in [0.5, 0.6) is 34.5 Å². The van der Waals surface area contributed by atoms with Crippen LogP contribution in [0, 0.1) is 0 Å². The van der Waals surface area contributed by atoms with Crippen LogP contribution >= 0.6 is 0 Å². The summed E-state index contributed by atoms with van der Waals surface area (Å²) in [4.78, 5) is 0. The molecule has 0 unspecified atom stereocenters. The van der Waals surface area contributed by atoms with E-state index in [4.69, 9.17) is 28.4 Å². The van der Waals surface area contributed by atoms with Crippen molar-refractivity contribution in [3.05, 3.63) is 48.0 Å². The zero-order valence-corrected chi connectivity index (χ0v) is 16.9. The molecule has 29 heavy (non-hydrogen) atoms. The maximum Gasteiger partial charge on any atom is 0.231 e. The molecule has 1 aliphatic rings. The molecule has 0 fully saturated rings. The van der Waals surface area contributed by atoms with Gasteiger partial charge in [0.15, 0.2) is 23.0 Å². The Morgan fingerprint density at radius 3 is 2.21 bits per heavy atom. The topological polar surface area (TPSA) is 75.6 Å². The summed E-state index contributed by atoms with van der Waals surface area (Å²) in [7, 11) is 4.69. The van der Waals surface area contributed by atoms with Crippen molar-refractivity contribution in [1.29, 1.82) is 0 Å². The third-order valence-electron chi connectivity index (χ3n) is 4.61. The second-order valence-corrected chi connectivity index (χ2v) is 6.47. The van der Waals surface area contributed by atoms with E-state index < -0.39 is 6.10 Å². The van der Waals surface area contributed by atoms with E-state index in [1.807, 2.05) is 18.2 Å². The second kappa shape index (κ2) is 9.43. The van der Waals surface area contributed by atoms with Gasteiger partial charge < -0.3 is 33.5 Å². The van der Waals surface area contributed by atoms with Gasteiger partial charge in [-0.1, -0.05) is 6.08 Å². The Balaban J connectivity index is 1.85. The molecule has 0 radical (unpaired) electrons. The SMILES string of the molecule is C=CCc1cc2c(cc1O[C@@H](CO)Cc1cc(OC)c(OC)c(OC)c1)OCO2. The van der Waals surface area contributed by atoms with Gasteiger partial charge in [-0.2, -0.15) is 0 Å². The summed E-state index contributed by atoms with van der Waals surface area (Å²) < 4.78 is 33.2. The van der Waals surface area contributed by atoms with Crippen molar-refractivity contribution in [2.75, 3.05) is 34.7 Å². The first-order valence-corrected chi connectivity index (χ1v) is 9.23. The highest BCUT2D eigenvalue weighted by Crippen LogP contribution is 2.40. The number of aliphatic hydroxyl groups is 1. The van der Waals surface area contributed by atoms with Gasteiger partial charge in [-0.15, -0.1) is 6.58 Å². The van der Waals surface area contributed by atoms with E-state index in [9.17, 15) is 5.11 Å². The summed E-state index contributed by atoms with van der Waals surface area (Å²) in [5.41, 5.74) is 1.79. The van der Waals surface area contributed by atoms with E-state index >= 15 is 0 Å². The Kier molecular flexibility index (Phi) is 6.72. The van der Waals surface area contributed by atoms with Crippen molar-refractivity contribution < 1.29 is 33.5 Å². The van der Waals surface area contributed by atoms with Gasteiger partial charge in [0.2, 0.25) is 12.5 Å². The molecule has 1 N–H and O–H groups in total. The maximum absolute atomic E-state index is 9.93. The van der Waals surface area contributed by atoms with Gasteiger partial charge in [0.1, 0.15) is 11.9 Å². The summed E-state index contributed by atoms with van der Waals surface area (Å²) in [6.07, 6.45) is 2.35. The highest BCUT2D eigenvalue weighted by Gasteiger charge is 2.21. The minimum absolute atomic E-state index is 0.168. The number of ether oxygens (including phenoxy) is 6. The summed E-state index contributed by atoms with van der Waals surface area (Å²) >= 11 is 0. The van der Waals surface area contributed by atoms with Crippen LogP contribution < -0.4 is 28.4 Å². The lowest BCUT2D eigenvalue weighted by Gasteiger charge is -2.21. The Morgan fingerprint density at radius 1 is 1.00 bits per heavy atom. The molecule has 0 saturated heterocycles. The first-order chi connectivity index (χ1) is 14.1. The number of hydrogen-bond donors (Lipinski definition) is 1. The molecule has 0 aromatic heterocycles. The van der Waals surface area contributed by atoms with Crippen molar-refractivity contribution in [3.8, 4) is 34.5 Å².